The Hall–Kier alpha value is -1.56. The Balaban J connectivity index is 2.01. The van der Waals surface area contributed by atoms with E-state index in [1.54, 1.807) is 11.2 Å². The summed E-state index contributed by atoms with van der Waals surface area (Å²) in [5, 5.41) is 3.40. The van der Waals surface area contributed by atoms with Crippen LogP contribution in [0, 0.1) is 0 Å². The summed E-state index contributed by atoms with van der Waals surface area (Å²) in [5.41, 5.74) is 0.623. The monoisotopic (exact) mass is 266 g/mol. The molecule has 0 aliphatic carbocycles. The van der Waals surface area contributed by atoms with Crippen molar-refractivity contribution in [1.29, 1.82) is 0 Å². The van der Waals surface area contributed by atoms with Gasteiger partial charge in [-0.1, -0.05) is 0 Å². The lowest BCUT2D eigenvalue weighted by Crippen LogP contribution is -2.50. The van der Waals surface area contributed by atoms with Crippen molar-refractivity contribution in [2.75, 3.05) is 19.6 Å². The van der Waals surface area contributed by atoms with Crippen LogP contribution in [-0.4, -0.2) is 45.8 Å². The average Bonchev–Trinajstić information content (AvgIpc) is 2.73. The van der Waals surface area contributed by atoms with Crippen LogP contribution >= 0.6 is 0 Å². The van der Waals surface area contributed by atoms with Crippen LogP contribution in [0.2, 0.25) is 0 Å². The number of hydrogen-bond donors (Lipinski definition) is 1. The number of rotatable bonds is 1. The van der Waals surface area contributed by atoms with Crippen molar-refractivity contribution in [3.63, 3.8) is 0 Å². The molecular weight excluding hydrogens is 244 g/mol. The number of nitrogens with zero attached hydrogens (tertiary/aromatic N) is 3. The maximum atomic E-state index is 12.1. The van der Waals surface area contributed by atoms with Gasteiger partial charge < -0.3 is 19.5 Å². The lowest BCUT2D eigenvalue weighted by Gasteiger charge is -2.34. The molecule has 1 atom stereocenters. The Morgan fingerprint density at radius 2 is 2.26 bits per heavy atom. The van der Waals surface area contributed by atoms with Crippen LogP contribution in [0.3, 0.4) is 0 Å². The molecule has 106 valence electrons. The molecule has 1 aliphatic heterocycles. The van der Waals surface area contributed by atoms with Crippen LogP contribution in [0.5, 0.6) is 0 Å². The van der Waals surface area contributed by atoms with Gasteiger partial charge >= 0.3 is 6.09 Å². The molecule has 0 spiro atoms. The molecule has 1 saturated heterocycles. The van der Waals surface area contributed by atoms with Gasteiger partial charge in [-0.25, -0.2) is 9.78 Å². The Morgan fingerprint density at radius 3 is 2.84 bits per heavy atom. The summed E-state index contributed by atoms with van der Waals surface area (Å²) in [6.45, 7) is 7.68. The van der Waals surface area contributed by atoms with Crippen molar-refractivity contribution in [1.82, 2.24) is 19.8 Å². The number of imidazole rings is 1. The third-order valence-corrected chi connectivity index (χ3v) is 3.04. The number of amides is 1. The van der Waals surface area contributed by atoms with Crippen molar-refractivity contribution in [2.45, 2.75) is 32.4 Å². The van der Waals surface area contributed by atoms with E-state index in [0.717, 1.165) is 12.2 Å². The van der Waals surface area contributed by atoms with Crippen molar-refractivity contribution < 1.29 is 9.53 Å². The van der Waals surface area contributed by atoms with Crippen LogP contribution in [0.1, 0.15) is 32.5 Å². The fourth-order valence-corrected chi connectivity index (χ4v) is 2.14. The van der Waals surface area contributed by atoms with Gasteiger partial charge in [-0.15, -0.1) is 0 Å². The summed E-state index contributed by atoms with van der Waals surface area (Å²) in [7, 11) is 1.95. The molecule has 1 aromatic rings. The second kappa shape index (κ2) is 5.21. The molecule has 1 unspecified atom stereocenters. The van der Waals surface area contributed by atoms with Crippen molar-refractivity contribution in [2.24, 2.45) is 7.05 Å². The van der Waals surface area contributed by atoms with Crippen molar-refractivity contribution in [3.05, 3.63) is 18.2 Å². The molecular formula is C13H22N4O2. The van der Waals surface area contributed by atoms with E-state index >= 15 is 0 Å². The van der Waals surface area contributed by atoms with Gasteiger partial charge in [-0.05, 0) is 20.8 Å². The zero-order chi connectivity index (χ0) is 14.0. The molecule has 0 aromatic carbocycles. The average molecular weight is 266 g/mol. The molecule has 0 saturated carbocycles. The Morgan fingerprint density at radius 1 is 1.53 bits per heavy atom. The summed E-state index contributed by atoms with van der Waals surface area (Å²) in [6.07, 6.45) is 3.35. The van der Waals surface area contributed by atoms with E-state index in [9.17, 15) is 4.79 Å². The maximum absolute atomic E-state index is 12.1. The smallest absolute Gasteiger partial charge is 0.410 e. The Labute approximate surface area is 113 Å². The van der Waals surface area contributed by atoms with Crippen LogP contribution < -0.4 is 5.32 Å². The normalized spacial score (nSPS) is 20.4. The molecule has 1 fully saturated rings. The number of piperazine rings is 1. The summed E-state index contributed by atoms with van der Waals surface area (Å²) < 4.78 is 7.38. The van der Waals surface area contributed by atoms with Gasteiger partial charge in [0.2, 0.25) is 0 Å². The number of aryl methyl sites for hydroxylation is 1. The first kappa shape index (κ1) is 13.9. The second-order valence-electron chi connectivity index (χ2n) is 5.86. The summed E-state index contributed by atoms with van der Waals surface area (Å²) >= 11 is 0. The van der Waals surface area contributed by atoms with Gasteiger partial charge in [-0.2, -0.15) is 0 Å². The summed E-state index contributed by atoms with van der Waals surface area (Å²) in [6, 6.07) is 0.105. The number of aromatic nitrogens is 2. The number of carbonyl (C=O) groups excluding carboxylic acids is 1. The van der Waals surface area contributed by atoms with E-state index in [1.807, 2.05) is 38.6 Å². The van der Waals surface area contributed by atoms with Gasteiger partial charge in [0.1, 0.15) is 5.60 Å². The molecule has 2 heterocycles. The molecule has 2 rings (SSSR count). The maximum Gasteiger partial charge on any atom is 0.410 e. The fraction of sp³-hybridized carbons (Fsp3) is 0.692. The molecule has 1 N–H and O–H groups in total. The van der Waals surface area contributed by atoms with E-state index in [0.29, 0.717) is 13.1 Å². The van der Waals surface area contributed by atoms with Gasteiger partial charge in [0, 0.05) is 32.9 Å². The van der Waals surface area contributed by atoms with Crippen LogP contribution in [-0.2, 0) is 11.8 Å². The molecule has 1 aromatic heterocycles. The topological polar surface area (TPSA) is 59.4 Å². The molecule has 1 amide bonds. The van der Waals surface area contributed by atoms with E-state index in [4.69, 9.17) is 4.74 Å². The van der Waals surface area contributed by atoms with Gasteiger partial charge in [-0.3, -0.25) is 0 Å². The lowest BCUT2D eigenvalue weighted by molar-refractivity contribution is 0.0193. The van der Waals surface area contributed by atoms with Crippen molar-refractivity contribution in [3.8, 4) is 0 Å². The molecule has 1 aliphatic rings. The minimum absolute atomic E-state index is 0.105. The Kier molecular flexibility index (Phi) is 3.80. The van der Waals surface area contributed by atoms with Crippen molar-refractivity contribution >= 4 is 6.09 Å². The highest BCUT2D eigenvalue weighted by molar-refractivity contribution is 5.68. The lowest BCUT2D eigenvalue weighted by atomic mass is 10.1. The van der Waals surface area contributed by atoms with Crippen LogP contribution in [0.15, 0.2) is 12.5 Å². The summed E-state index contributed by atoms with van der Waals surface area (Å²) in [4.78, 5) is 17.9. The van der Waals surface area contributed by atoms with E-state index in [2.05, 4.69) is 10.3 Å². The first-order chi connectivity index (χ1) is 8.87. The van der Waals surface area contributed by atoms with E-state index < -0.39 is 5.60 Å². The fourth-order valence-electron chi connectivity index (χ4n) is 2.14. The predicted molar refractivity (Wildman–Crippen MR) is 71.8 cm³/mol. The predicted octanol–water partition coefficient (Wildman–Crippen LogP) is 1.30. The molecule has 19 heavy (non-hydrogen) atoms. The molecule has 0 bridgehead atoms. The zero-order valence-corrected chi connectivity index (χ0v) is 12.0. The van der Waals surface area contributed by atoms with Gasteiger partial charge in [0.15, 0.2) is 0 Å². The van der Waals surface area contributed by atoms with Gasteiger partial charge in [0.25, 0.3) is 0 Å². The van der Waals surface area contributed by atoms with E-state index in [-0.39, 0.29) is 12.1 Å². The first-order valence-corrected chi connectivity index (χ1v) is 6.54. The van der Waals surface area contributed by atoms with Crippen LogP contribution in [0.4, 0.5) is 4.79 Å². The molecule has 6 nitrogen and oxygen atoms in total. The highest BCUT2D eigenvalue weighted by Crippen LogP contribution is 2.18. The first-order valence-electron chi connectivity index (χ1n) is 6.54. The molecule has 6 heteroatoms. The number of carbonyl (C=O) groups is 1. The SMILES string of the molecule is Cn1cncc1C1CN(C(=O)OC(C)(C)C)CCN1. The largest absolute Gasteiger partial charge is 0.444 e. The minimum atomic E-state index is -0.454. The second-order valence-corrected chi connectivity index (χ2v) is 5.86. The Bertz CT molecular complexity index is 450. The van der Waals surface area contributed by atoms with Crippen LogP contribution in [0.25, 0.3) is 0 Å². The third kappa shape index (κ3) is 3.47. The number of nitrogens with one attached hydrogen (secondary N) is 1. The standard InChI is InChI=1S/C13H22N4O2/c1-13(2,3)19-12(18)17-6-5-15-10(8-17)11-7-14-9-16(11)4/h7,9-10,15H,5-6,8H2,1-4H3. The summed E-state index contributed by atoms with van der Waals surface area (Å²) in [5.74, 6) is 0. The van der Waals surface area contributed by atoms with E-state index in [1.165, 1.54) is 0 Å². The zero-order valence-electron chi connectivity index (χ0n) is 12.0. The highest BCUT2D eigenvalue weighted by atomic mass is 16.6. The third-order valence-electron chi connectivity index (χ3n) is 3.04. The number of ether oxygens (including phenoxy) is 1. The molecule has 0 radical (unpaired) electrons. The quantitative estimate of drug-likeness (QED) is 0.832. The minimum Gasteiger partial charge on any atom is -0.444 e. The highest BCUT2D eigenvalue weighted by Gasteiger charge is 2.28. The number of hydrogen-bond acceptors (Lipinski definition) is 4. The van der Waals surface area contributed by atoms with Gasteiger partial charge in [0.05, 0.1) is 18.1 Å².